The smallest absolute Gasteiger partial charge is 0.270 e. The summed E-state index contributed by atoms with van der Waals surface area (Å²) < 4.78 is 0. The Labute approximate surface area is 158 Å². The Hall–Kier alpha value is -2.99. The van der Waals surface area contributed by atoms with Crippen molar-refractivity contribution in [2.24, 2.45) is 0 Å². The van der Waals surface area contributed by atoms with Crippen LogP contribution in [0.5, 0.6) is 0 Å². The minimum absolute atomic E-state index is 0.103. The number of rotatable bonds is 4. The van der Waals surface area contributed by atoms with Crippen molar-refractivity contribution in [2.45, 2.75) is 6.42 Å². The topological polar surface area (TPSA) is 62.5 Å². The Morgan fingerprint density at radius 1 is 1.04 bits per heavy atom. The molecule has 1 aromatic heterocycles. The first-order valence-corrected chi connectivity index (χ1v) is 9.15. The highest BCUT2D eigenvalue weighted by Crippen LogP contribution is 2.28. The fraction of sp³-hybridized carbons (Fsp3) is 0.286. The first-order chi connectivity index (χ1) is 13.1. The molecule has 4 rings (SSSR count). The van der Waals surface area contributed by atoms with Gasteiger partial charge in [0.05, 0.1) is 10.4 Å². The third-order valence-corrected chi connectivity index (χ3v) is 5.14. The van der Waals surface area contributed by atoms with Gasteiger partial charge in [0, 0.05) is 43.7 Å². The summed E-state index contributed by atoms with van der Waals surface area (Å²) in [6.45, 7) is 3.89. The number of fused-ring (bicyclic) bond motifs is 1. The van der Waals surface area contributed by atoms with Gasteiger partial charge in [-0.05, 0) is 36.7 Å². The van der Waals surface area contributed by atoms with Crippen LogP contribution in [0.25, 0.3) is 10.9 Å². The number of nitro benzene ring substituents is 1. The van der Waals surface area contributed by atoms with Crippen LogP contribution < -0.4 is 4.90 Å². The van der Waals surface area contributed by atoms with Gasteiger partial charge in [-0.2, -0.15) is 0 Å². The average molecular weight is 362 g/mol. The fourth-order valence-electron chi connectivity index (χ4n) is 3.54. The van der Waals surface area contributed by atoms with E-state index in [1.54, 1.807) is 12.1 Å². The largest absolute Gasteiger partial charge is 0.354 e. The normalized spacial score (nSPS) is 15.2. The molecule has 2 aromatic carbocycles. The summed E-state index contributed by atoms with van der Waals surface area (Å²) in [7, 11) is 2.13. The van der Waals surface area contributed by atoms with Gasteiger partial charge in [0.15, 0.2) is 0 Å². The highest BCUT2D eigenvalue weighted by molar-refractivity contribution is 5.86. The lowest BCUT2D eigenvalue weighted by atomic mass is 10.0. The lowest BCUT2D eigenvalue weighted by Crippen LogP contribution is -2.44. The molecule has 1 aliphatic rings. The predicted octanol–water partition coefficient (Wildman–Crippen LogP) is 3.49. The number of piperazine rings is 1. The zero-order valence-corrected chi connectivity index (χ0v) is 15.3. The maximum Gasteiger partial charge on any atom is 0.270 e. The second-order valence-electron chi connectivity index (χ2n) is 7.05. The summed E-state index contributed by atoms with van der Waals surface area (Å²) in [4.78, 5) is 20.3. The number of likely N-dealkylation sites (N-methyl/N-ethyl adjacent to an activating group) is 1. The van der Waals surface area contributed by atoms with E-state index in [9.17, 15) is 10.1 Å². The molecule has 0 spiro atoms. The van der Waals surface area contributed by atoms with Crippen LogP contribution in [-0.4, -0.2) is 48.0 Å². The zero-order chi connectivity index (χ0) is 18.8. The first-order valence-electron chi connectivity index (χ1n) is 9.15. The van der Waals surface area contributed by atoms with Crippen molar-refractivity contribution in [3.05, 3.63) is 75.8 Å². The molecule has 0 atom stereocenters. The minimum atomic E-state index is -0.347. The molecule has 0 amide bonds. The Kier molecular flexibility index (Phi) is 4.73. The number of hydrogen-bond acceptors (Lipinski definition) is 5. The van der Waals surface area contributed by atoms with Crippen LogP contribution in [-0.2, 0) is 6.42 Å². The van der Waals surface area contributed by atoms with E-state index in [-0.39, 0.29) is 10.6 Å². The minimum Gasteiger partial charge on any atom is -0.354 e. The number of aromatic nitrogens is 1. The summed E-state index contributed by atoms with van der Waals surface area (Å²) in [5.41, 5.74) is 3.17. The highest BCUT2D eigenvalue weighted by Gasteiger charge is 2.18. The molecular formula is C21H22N4O2. The van der Waals surface area contributed by atoms with Crippen LogP contribution in [0.4, 0.5) is 11.5 Å². The van der Waals surface area contributed by atoms with Crippen LogP contribution >= 0.6 is 0 Å². The van der Waals surface area contributed by atoms with Gasteiger partial charge >= 0.3 is 0 Å². The van der Waals surface area contributed by atoms with Crippen molar-refractivity contribution < 1.29 is 4.92 Å². The van der Waals surface area contributed by atoms with Gasteiger partial charge in [-0.3, -0.25) is 10.1 Å². The number of nitrogens with zero attached hydrogens (tertiary/aromatic N) is 4. The maximum atomic E-state index is 11.2. The van der Waals surface area contributed by atoms with E-state index >= 15 is 0 Å². The lowest BCUT2D eigenvalue weighted by molar-refractivity contribution is -0.384. The van der Waals surface area contributed by atoms with Gasteiger partial charge in [0.1, 0.15) is 5.82 Å². The number of nitro groups is 1. The quantitative estimate of drug-likeness (QED) is 0.525. The standard InChI is InChI=1S/C21H22N4O2/c1-23-9-11-24(12-10-23)21-14-17(13-16-5-3-2-4-6-16)19-15-18(25(26)27)7-8-20(19)22-21/h2-8,14-15H,9-13H2,1H3. The van der Waals surface area contributed by atoms with Gasteiger partial charge in [0.25, 0.3) is 5.69 Å². The molecule has 0 radical (unpaired) electrons. The molecule has 0 unspecified atom stereocenters. The summed E-state index contributed by atoms with van der Waals surface area (Å²) in [5.74, 6) is 0.954. The van der Waals surface area contributed by atoms with Crippen molar-refractivity contribution in [2.75, 3.05) is 38.1 Å². The summed E-state index contributed by atoms with van der Waals surface area (Å²) in [6, 6.07) is 17.2. The Balaban J connectivity index is 1.79. The Morgan fingerprint density at radius 3 is 2.48 bits per heavy atom. The second-order valence-corrected chi connectivity index (χ2v) is 7.05. The third-order valence-electron chi connectivity index (χ3n) is 5.14. The van der Waals surface area contributed by atoms with E-state index in [1.807, 2.05) is 18.2 Å². The number of anilines is 1. The molecule has 1 saturated heterocycles. The van der Waals surface area contributed by atoms with E-state index in [0.717, 1.165) is 54.9 Å². The summed E-state index contributed by atoms with van der Waals surface area (Å²) in [5, 5.41) is 12.1. The van der Waals surface area contributed by atoms with E-state index in [4.69, 9.17) is 4.98 Å². The molecule has 6 heteroatoms. The van der Waals surface area contributed by atoms with Crippen molar-refractivity contribution in [1.29, 1.82) is 0 Å². The highest BCUT2D eigenvalue weighted by atomic mass is 16.6. The number of pyridine rings is 1. The van der Waals surface area contributed by atoms with Crippen molar-refractivity contribution >= 4 is 22.4 Å². The van der Waals surface area contributed by atoms with Gasteiger partial charge in [0.2, 0.25) is 0 Å². The summed E-state index contributed by atoms with van der Waals surface area (Å²) >= 11 is 0. The molecule has 0 bridgehead atoms. The van der Waals surface area contributed by atoms with Crippen LogP contribution in [0.15, 0.2) is 54.6 Å². The molecule has 1 fully saturated rings. The van der Waals surface area contributed by atoms with Gasteiger partial charge in [-0.1, -0.05) is 30.3 Å². The molecule has 27 heavy (non-hydrogen) atoms. The Bertz CT molecular complexity index is 967. The SMILES string of the molecule is CN1CCN(c2cc(Cc3ccccc3)c3cc([N+](=O)[O-])ccc3n2)CC1. The third kappa shape index (κ3) is 3.75. The van der Waals surface area contributed by atoms with Gasteiger partial charge in [-0.15, -0.1) is 0 Å². The number of non-ortho nitro benzene ring substituents is 1. The molecule has 2 heterocycles. The Morgan fingerprint density at radius 2 is 1.78 bits per heavy atom. The fourth-order valence-corrected chi connectivity index (χ4v) is 3.54. The first kappa shape index (κ1) is 17.4. The van der Waals surface area contributed by atoms with Crippen molar-refractivity contribution in [1.82, 2.24) is 9.88 Å². The average Bonchev–Trinajstić information content (AvgIpc) is 2.69. The molecular weight excluding hydrogens is 340 g/mol. The number of hydrogen-bond donors (Lipinski definition) is 0. The van der Waals surface area contributed by atoms with E-state index in [0.29, 0.717) is 0 Å². The van der Waals surface area contributed by atoms with Crippen LogP contribution in [0, 0.1) is 10.1 Å². The molecule has 1 aliphatic heterocycles. The van der Waals surface area contributed by atoms with Crippen LogP contribution in [0.3, 0.4) is 0 Å². The van der Waals surface area contributed by atoms with E-state index in [2.05, 4.69) is 35.0 Å². The van der Waals surface area contributed by atoms with Crippen molar-refractivity contribution in [3.8, 4) is 0 Å². The molecule has 138 valence electrons. The monoisotopic (exact) mass is 362 g/mol. The molecule has 0 N–H and O–H groups in total. The van der Waals surface area contributed by atoms with E-state index in [1.165, 1.54) is 11.6 Å². The molecule has 0 aliphatic carbocycles. The van der Waals surface area contributed by atoms with Gasteiger partial charge in [-0.25, -0.2) is 4.98 Å². The van der Waals surface area contributed by atoms with Crippen LogP contribution in [0.1, 0.15) is 11.1 Å². The van der Waals surface area contributed by atoms with Gasteiger partial charge < -0.3 is 9.80 Å². The molecule has 0 saturated carbocycles. The second kappa shape index (κ2) is 7.32. The molecule has 3 aromatic rings. The lowest BCUT2D eigenvalue weighted by Gasteiger charge is -2.33. The summed E-state index contributed by atoms with van der Waals surface area (Å²) in [6.07, 6.45) is 0.724. The maximum absolute atomic E-state index is 11.2. The zero-order valence-electron chi connectivity index (χ0n) is 15.3. The number of benzene rings is 2. The predicted molar refractivity (Wildman–Crippen MR) is 107 cm³/mol. The van der Waals surface area contributed by atoms with E-state index < -0.39 is 0 Å². The van der Waals surface area contributed by atoms with Crippen LogP contribution in [0.2, 0.25) is 0 Å². The van der Waals surface area contributed by atoms with Crippen molar-refractivity contribution in [3.63, 3.8) is 0 Å². The molecule has 6 nitrogen and oxygen atoms in total.